The van der Waals surface area contributed by atoms with Crippen LogP contribution < -0.4 is 5.32 Å². The number of benzene rings is 1. The van der Waals surface area contributed by atoms with E-state index in [2.05, 4.69) is 12.2 Å². The van der Waals surface area contributed by atoms with Crippen LogP contribution in [0.25, 0.3) is 0 Å². The van der Waals surface area contributed by atoms with Crippen molar-refractivity contribution in [3.8, 4) is 0 Å². The van der Waals surface area contributed by atoms with Crippen molar-refractivity contribution >= 4 is 0 Å². The van der Waals surface area contributed by atoms with Crippen molar-refractivity contribution in [1.82, 2.24) is 5.32 Å². The SMILES string of the molecule is CC(CC1CCC1)N[C@H](C)c1ccccc1F. The molecular weight excluding hydrogens is 213 g/mol. The minimum Gasteiger partial charge on any atom is -0.308 e. The average molecular weight is 235 g/mol. The molecule has 0 heterocycles. The number of rotatable bonds is 5. The number of halogens is 1. The van der Waals surface area contributed by atoms with Gasteiger partial charge in [0.15, 0.2) is 0 Å². The summed E-state index contributed by atoms with van der Waals surface area (Å²) >= 11 is 0. The van der Waals surface area contributed by atoms with Crippen LogP contribution in [0, 0.1) is 11.7 Å². The van der Waals surface area contributed by atoms with Gasteiger partial charge in [-0.1, -0.05) is 37.5 Å². The summed E-state index contributed by atoms with van der Waals surface area (Å²) < 4.78 is 13.6. The Morgan fingerprint density at radius 3 is 2.59 bits per heavy atom. The normalized spacial score (nSPS) is 19.7. The lowest BCUT2D eigenvalue weighted by molar-refractivity contribution is 0.259. The van der Waals surface area contributed by atoms with Crippen LogP contribution in [-0.4, -0.2) is 6.04 Å². The standard InChI is InChI=1S/C15H22FN/c1-11(10-13-6-5-7-13)17-12(2)14-8-3-4-9-15(14)16/h3-4,8-9,11-13,17H,5-7,10H2,1-2H3/t11?,12-/m1/s1. The summed E-state index contributed by atoms with van der Waals surface area (Å²) in [6.07, 6.45) is 5.36. The fourth-order valence-electron chi connectivity index (χ4n) is 2.64. The second-order valence-electron chi connectivity index (χ2n) is 5.34. The van der Waals surface area contributed by atoms with Crippen molar-refractivity contribution < 1.29 is 4.39 Å². The van der Waals surface area contributed by atoms with E-state index < -0.39 is 0 Å². The highest BCUT2D eigenvalue weighted by atomic mass is 19.1. The van der Waals surface area contributed by atoms with Crippen molar-refractivity contribution in [2.24, 2.45) is 5.92 Å². The zero-order valence-electron chi connectivity index (χ0n) is 10.7. The first-order valence-corrected chi connectivity index (χ1v) is 6.67. The Balaban J connectivity index is 1.87. The van der Waals surface area contributed by atoms with E-state index in [1.807, 2.05) is 19.1 Å². The molecule has 1 aliphatic rings. The van der Waals surface area contributed by atoms with Gasteiger partial charge in [0.2, 0.25) is 0 Å². The molecule has 0 bridgehead atoms. The van der Waals surface area contributed by atoms with Gasteiger partial charge in [0.25, 0.3) is 0 Å². The highest BCUT2D eigenvalue weighted by molar-refractivity contribution is 5.20. The van der Waals surface area contributed by atoms with Crippen molar-refractivity contribution in [3.63, 3.8) is 0 Å². The molecule has 0 radical (unpaired) electrons. The quantitative estimate of drug-likeness (QED) is 0.811. The molecular formula is C15H22FN. The van der Waals surface area contributed by atoms with Crippen LogP contribution in [0.4, 0.5) is 4.39 Å². The Kier molecular flexibility index (Phi) is 4.16. The topological polar surface area (TPSA) is 12.0 Å². The van der Waals surface area contributed by atoms with Gasteiger partial charge in [0.1, 0.15) is 5.82 Å². The zero-order chi connectivity index (χ0) is 12.3. The second-order valence-corrected chi connectivity index (χ2v) is 5.34. The fraction of sp³-hybridized carbons (Fsp3) is 0.600. The van der Waals surface area contributed by atoms with Crippen LogP contribution in [0.3, 0.4) is 0 Å². The van der Waals surface area contributed by atoms with Gasteiger partial charge in [-0.05, 0) is 32.3 Å². The van der Waals surface area contributed by atoms with E-state index in [-0.39, 0.29) is 11.9 Å². The van der Waals surface area contributed by atoms with Crippen molar-refractivity contribution in [2.75, 3.05) is 0 Å². The molecule has 0 aliphatic heterocycles. The van der Waals surface area contributed by atoms with Gasteiger partial charge in [-0.2, -0.15) is 0 Å². The van der Waals surface area contributed by atoms with E-state index in [1.165, 1.54) is 31.7 Å². The highest BCUT2D eigenvalue weighted by Crippen LogP contribution is 2.31. The predicted molar refractivity (Wildman–Crippen MR) is 69.4 cm³/mol. The number of nitrogens with one attached hydrogen (secondary N) is 1. The third kappa shape index (κ3) is 3.29. The van der Waals surface area contributed by atoms with E-state index >= 15 is 0 Å². The lowest BCUT2D eigenvalue weighted by Crippen LogP contribution is -2.32. The third-order valence-electron chi connectivity index (χ3n) is 3.82. The van der Waals surface area contributed by atoms with E-state index in [9.17, 15) is 4.39 Å². The van der Waals surface area contributed by atoms with Crippen molar-refractivity contribution in [1.29, 1.82) is 0 Å². The molecule has 2 atom stereocenters. The summed E-state index contributed by atoms with van der Waals surface area (Å²) in [4.78, 5) is 0. The fourth-order valence-corrected chi connectivity index (χ4v) is 2.64. The maximum absolute atomic E-state index is 13.6. The van der Waals surface area contributed by atoms with E-state index in [0.29, 0.717) is 6.04 Å². The molecule has 1 aliphatic carbocycles. The Morgan fingerprint density at radius 1 is 1.29 bits per heavy atom. The third-order valence-corrected chi connectivity index (χ3v) is 3.82. The van der Waals surface area contributed by atoms with Gasteiger partial charge in [-0.25, -0.2) is 4.39 Å². The Hall–Kier alpha value is -0.890. The minimum atomic E-state index is -0.108. The molecule has 0 spiro atoms. The summed E-state index contributed by atoms with van der Waals surface area (Å²) in [6, 6.07) is 7.59. The lowest BCUT2D eigenvalue weighted by atomic mass is 9.81. The number of hydrogen-bond acceptors (Lipinski definition) is 1. The van der Waals surface area contributed by atoms with Gasteiger partial charge in [-0.3, -0.25) is 0 Å². The summed E-state index contributed by atoms with van der Waals surface area (Å²) in [6.45, 7) is 4.24. The predicted octanol–water partition coefficient (Wildman–Crippen LogP) is 4.06. The highest BCUT2D eigenvalue weighted by Gasteiger charge is 2.21. The van der Waals surface area contributed by atoms with Crippen molar-refractivity contribution in [3.05, 3.63) is 35.6 Å². The molecule has 1 unspecified atom stereocenters. The second kappa shape index (κ2) is 5.63. The first-order chi connectivity index (χ1) is 8.16. The van der Waals surface area contributed by atoms with Crippen LogP contribution in [0.1, 0.15) is 51.1 Å². The van der Waals surface area contributed by atoms with Gasteiger partial charge in [0.05, 0.1) is 0 Å². The molecule has 1 aromatic rings. The average Bonchev–Trinajstić information content (AvgIpc) is 2.24. The molecule has 2 heteroatoms. The first kappa shape index (κ1) is 12.6. The molecule has 0 amide bonds. The minimum absolute atomic E-state index is 0.0891. The largest absolute Gasteiger partial charge is 0.308 e. The Labute approximate surface area is 103 Å². The summed E-state index contributed by atoms with van der Waals surface area (Å²) in [5.41, 5.74) is 0.771. The van der Waals surface area contributed by atoms with E-state index in [1.54, 1.807) is 6.07 Å². The van der Waals surface area contributed by atoms with Crippen LogP contribution in [0.15, 0.2) is 24.3 Å². The zero-order valence-corrected chi connectivity index (χ0v) is 10.7. The van der Waals surface area contributed by atoms with Crippen LogP contribution in [0.2, 0.25) is 0 Å². The molecule has 1 aromatic carbocycles. The maximum Gasteiger partial charge on any atom is 0.127 e. The molecule has 2 rings (SSSR count). The van der Waals surface area contributed by atoms with Crippen molar-refractivity contribution in [2.45, 2.75) is 51.6 Å². The Bertz CT molecular complexity index is 360. The number of hydrogen-bond donors (Lipinski definition) is 1. The molecule has 0 saturated heterocycles. The van der Waals surface area contributed by atoms with Crippen LogP contribution in [0.5, 0.6) is 0 Å². The van der Waals surface area contributed by atoms with E-state index in [0.717, 1.165) is 11.5 Å². The molecule has 94 valence electrons. The monoisotopic (exact) mass is 235 g/mol. The smallest absolute Gasteiger partial charge is 0.127 e. The van der Waals surface area contributed by atoms with E-state index in [4.69, 9.17) is 0 Å². The summed E-state index contributed by atoms with van der Waals surface area (Å²) in [5.74, 6) is 0.786. The summed E-state index contributed by atoms with van der Waals surface area (Å²) in [7, 11) is 0. The maximum atomic E-state index is 13.6. The van der Waals surface area contributed by atoms with Gasteiger partial charge < -0.3 is 5.32 Å². The summed E-state index contributed by atoms with van der Waals surface area (Å²) in [5, 5.41) is 3.50. The molecule has 1 fully saturated rings. The van der Waals surface area contributed by atoms with Gasteiger partial charge >= 0.3 is 0 Å². The Morgan fingerprint density at radius 2 is 2.00 bits per heavy atom. The molecule has 17 heavy (non-hydrogen) atoms. The molecule has 1 saturated carbocycles. The lowest BCUT2D eigenvalue weighted by Gasteiger charge is -2.30. The first-order valence-electron chi connectivity index (χ1n) is 6.67. The van der Waals surface area contributed by atoms with Crippen LogP contribution >= 0.6 is 0 Å². The van der Waals surface area contributed by atoms with Gasteiger partial charge in [0, 0.05) is 17.6 Å². The molecule has 1 N–H and O–H groups in total. The molecule has 1 nitrogen and oxygen atoms in total. The molecule has 0 aromatic heterocycles. The van der Waals surface area contributed by atoms with Gasteiger partial charge in [-0.15, -0.1) is 0 Å². The van der Waals surface area contributed by atoms with Crippen LogP contribution in [-0.2, 0) is 0 Å².